The molecule has 0 aliphatic carbocycles. The highest BCUT2D eigenvalue weighted by Gasteiger charge is 2.33. The van der Waals surface area contributed by atoms with Crippen molar-refractivity contribution in [2.24, 2.45) is 4.99 Å². The second kappa shape index (κ2) is 5.28. The van der Waals surface area contributed by atoms with Crippen molar-refractivity contribution in [3.63, 3.8) is 0 Å². The maximum absolute atomic E-state index is 5.60. The van der Waals surface area contributed by atoms with Crippen molar-refractivity contribution in [3.05, 3.63) is 67.2 Å². The molecule has 0 fully saturated rings. The molecule has 1 aromatic carbocycles. The van der Waals surface area contributed by atoms with E-state index in [0.717, 1.165) is 34.4 Å². The number of allylic oxidation sites excluding steroid dienone is 1. The van der Waals surface area contributed by atoms with Gasteiger partial charge < -0.3 is 9.64 Å². The maximum atomic E-state index is 5.60. The Morgan fingerprint density at radius 3 is 2.86 bits per heavy atom. The van der Waals surface area contributed by atoms with E-state index in [4.69, 9.17) is 9.73 Å². The summed E-state index contributed by atoms with van der Waals surface area (Å²) < 4.78 is 7.80. The molecule has 21 heavy (non-hydrogen) atoms. The first-order chi connectivity index (χ1) is 10.2. The van der Waals surface area contributed by atoms with Crippen LogP contribution in [0.1, 0.15) is 12.0 Å². The number of aliphatic imine (C=N–C) groups is 1. The predicted octanol–water partition coefficient (Wildman–Crippen LogP) is 4.16. The average molecular weight is 455 g/mol. The Morgan fingerprint density at radius 2 is 2.05 bits per heavy atom. The van der Waals surface area contributed by atoms with E-state index in [-0.39, 0.29) is 0 Å². The summed E-state index contributed by atoms with van der Waals surface area (Å²) in [5, 5.41) is 0. The molecule has 0 N–H and O–H groups in total. The molecule has 0 atom stereocenters. The maximum Gasteiger partial charge on any atom is 0.140 e. The molecular weight excluding hydrogens is 443 g/mol. The van der Waals surface area contributed by atoms with Crippen LogP contribution in [0.5, 0.6) is 0 Å². The van der Waals surface area contributed by atoms with Gasteiger partial charge >= 0.3 is 0 Å². The number of hydrogen-bond donors (Lipinski definition) is 0. The SMILES string of the molecule is BrC1=COCC2=C3C1=CN=C(c1ccc(I)cc1)N3CC2. The van der Waals surface area contributed by atoms with E-state index in [1.807, 2.05) is 6.20 Å². The van der Waals surface area contributed by atoms with Crippen LogP contribution in [-0.4, -0.2) is 23.9 Å². The lowest BCUT2D eigenvalue weighted by molar-refractivity contribution is 0.279. The molecule has 0 saturated carbocycles. The van der Waals surface area contributed by atoms with E-state index in [9.17, 15) is 0 Å². The highest BCUT2D eigenvalue weighted by Crippen LogP contribution is 2.40. The van der Waals surface area contributed by atoms with E-state index < -0.39 is 0 Å². The van der Waals surface area contributed by atoms with Gasteiger partial charge in [0.25, 0.3) is 0 Å². The second-order valence-electron chi connectivity index (χ2n) is 5.13. The normalized spacial score (nSPS) is 20.3. The number of halogens is 2. The summed E-state index contributed by atoms with van der Waals surface area (Å²) in [6, 6.07) is 8.51. The van der Waals surface area contributed by atoms with Gasteiger partial charge in [-0.15, -0.1) is 0 Å². The fourth-order valence-electron chi connectivity index (χ4n) is 2.90. The Labute approximate surface area is 145 Å². The number of rotatable bonds is 1. The van der Waals surface area contributed by atoms with Crippen LogP contribution >= 0.6 is 38.5 Å². The minimum absolute atomic E-state index is 0.665. The number of amidine groups is 1. The van der Waals surface area contributed by atoms with Crippen LogP contribution in [0, 0.1) is 3.57 Å². The Kier molecular flexibility index (Phi) is 3.41. The zero-order chi connectivity index (χ0) is 14.4. The number of hydrogen-bond acceptors (Lipinski definition) is 3. The van der Waals surface area contributed by atoms with Gasteiger partial charge in [0.05, 0.1) is 16.4 Å². The molecule has 0 saturated heterocycles. The summed E-state index contributed by atoms with van der Waals surface area (Å²) in [5.41, 5.74) is 4.89. The molecule has 0 amide bonds. The van der Waals surface area contributed by atoms with Gasteiger partial charge in [0.1, 0.15) is 12.4 Å². The lowest BCUT2D eigenvalue weighted by Gasteiger charge is -2.28. The van der Waals surface area contributed by atoms with Crippen molar-refractivity contribution in [1.29, 1.82) is 0 Å². The average Bonchev–Trinajstić information content (AvgIpc) is 2.84. The third-order valence-electron chi connectivity index (χ3n) is 3.87. The van der Waals surface area contributed by atoms with Crippen LogP contribution in [-0.2, 0) is 4.74 Å². The van der Waals surface area contributed by atoms with Crippen molar-refractivity contribution >= 4 is 44.4 Å². The molecule has 0 spiro atoms. The Morgan fingerprint density at radius 1 is 1.24 bits per heavy atom. The summed E-state index contributed by atoms with van der Waals surface area (Å²) >= 11 is 5.91. The molecular formula is C16H12BrIN2O. The Balaban J connectivity index is 1.84. The van der Waals surface area contributed by atoms with Gasteiger partial charge in [0, 0.05) is 27.5 Å². The van der Waals surface area contributed by atoms with Crippen LogP contribution in [0.3, 0.4) is 0 Å². The summed E-state index contributed by atoms with van der Waals surface area (Å²) in [5.74, 6) is 1.03. The summed E-state index contributed by atoms with van der Waals surface area (Å²) in [7, 11) is 0. The smallest absolute Gasteiger partial charge is 0.140 e. The van der Waals surface area contributed by atoms with Crippen molar-refractivity contribution in [1.82, 2.24) is 4.90 Å². The summed E-state index contributed by atoms with van der Waals surface area (Å²) in [6.45, 7) is 1.63. The Bertz CT molecular complexity index is 731. The molecule has 0 bridgehead atoms. The van der Waals surface area contributed by atoms with Crippen molar-refractivity contribution < 1.29 is 4.74 Å². The lowest BCUT2D eigenvalue weighted by Crippen LogP contribution is -2.31. The molecule has 3 aliphatic heterocycles. The lowest BCUT2D eigenvalue weighted by atomic mass is 10.1. The predicted molar refractivity (Wildman–Crippen MR) is 95.1 cm³/mol. The van der Waals surface area contributed by atoms with E-state index >= 15 is 0 Å². The number of ether oxygens (including phenoxy) is 1. The van der Waals surface area contributed by atoms with Crippen LogP contribution in [0.4, 0.5) is 0 Å². The largest absolute Gasteiger partial charge is 0.496 e. The van der Waals surface area contributed by atoms with E-state index in [1.165, 1.54) is 14.8 Å². The first kappa shape index (κ1) is 13.6. The minimum Gasteiger partial charge on any atom is -0.496 e. The van der Waals surface area contributed by atoms with Crippen LogP contribution in [0.2, 0.25) is 0 Å². The van der Waals surface area contributed by atoms with Gasteiger partial charge in [0.15, 0.2) is 0 Å². The topological polar surface area (TPSA) is 24.8 Å². The quantitative estimate of drug-likeness (QED) is 0.595. The summed E-state index contributed by atoms with van der Waals surface area (Å²) in [6.07, 6.45) is 4.75. The molecule has 5 heteroatoms. The van der Waals surface area contributed by atoms with Crippen molar-refractivity contribution in [3.8, 4) is 0 Å². The zero-order valence-corrected chi connectivity index (χ0v) is 14.9. The van der Waals surface area contributed by atoms with Crippen LogP contribution < -0.4 is 0 Å². The fourth-order valence-corrected chi connectivity index (χ4v) is 3.68. The second-order valence-corrected chi connectivity index (χ2v) is 7.23. The first-order valence-corrected chi connectivity index (χ1v) is 8.63. The standard InChI is InChI=1S/C16H12BrIN2O/c17-14-9-21-8-11-5-6-20-15(11)13(14)7-19-16(20)10-1-3-12(18)4-2-10/h1-4,7,9H,5-6,8H2. The fraction of sp³-hybridized carbons (Fsp3) is 0.188. The number of benzene rings is 1. The molecule has 0 unspecified atom stereocenters. The third-order valence-corrected chi connectivity index (χ3v) is 5.21. The van der Waals surface area contributed by atoms with Gasteiger partial charge in [-0.25, -0.2) is 4.99 Å². The number of nitrogens with zero attached hydrogens (tertiary/aromatic N) is 2. The highest BCUT2D eigenvalue weighted by molar-refractivity contribution is 14.1. The summed E-state index contributed by atoms with van der Waals surface area (Å²) in [4.78, 5) is 7.02. The van der Waals surface area contributed by atoms with E-state index in [1.54, 1.807) is 6.26 Å². The van der Waals surface area contributed by atoms with Gasteiger partial charge in [-0.2, -0.15) is 0 Å². The molecule has 1 aromatic rings. The van der Waals surface area contributed by atoms with Gasteiger partial charge in [-0.1, -0.05) is 12.1 Å². The first-order valence-electron chi connectivity index (χ1n) is 6.75. The van der Waals surface area contributed by atoms with Gasteiger partial charge in [0.2, 0.25) is 0 Å². The van der Waals surface area contributed by atoms with Crippen LogP contribution in [0.15, 0.2) is 63.0 Å². The highest BCUT2D eigenvalue weighted by atomic mass is 127. The Hall–Kier alpha value is -1.08. The molecule has 3 heterocycles. The molecule has 0 aromatic heterocycles. The molecule has 3 nitrogen and oxygen atoms in total. The monoisotopic (exact) mass is 454 g/mol. The van der Waals surface area contributed by atoms with Gasteiger partial charge in [-0.05, 0) is 62.6 Å². The van der Waals surface area contributed by atoms with Gasteiger partial charge in [-0.3, -0.25) is 0 Å². The molecule has 4 rings (SSSR count). The van der Waals surface area contributed by atoms with E-state index in [0.29, 0.717) is 6.61 Å². The molecule has 106 valence electrons. The molecule has 3 aliphatic rings. The molecule has 0 radical (unpaired) electrons. The zero-order valence-electron chi connectivity index (χ0n) is 11.1. The third kappa shape index (κ3) is 2.26. The van der Waals surface area contributed by atoms with E-state index in [2.05, 4.69) is 67.7 Å². The van der Waals surface area contributed by atoms with Crippen LogP contribution in [0.25, 0.3) is 0 Å². The van der Waals surface area contributed by atoms with Crippen molar-refractivity contribution in [2.45, 2.75) is 6.42 Å². The minimum atomic E-state index is 0.665. The van der Waals surface area contributed by atoms with Crippen molar-refractivity contribution in [2.75, 3.05) is 13.2 Å².